The van der Waals surface area contributed by atoms with Crippen LogP contribution in [0.5, 0.6) is 5.75 Å². The van der Waals surface area contributed by atoms with Gasteiger partial charge in [-0.1, -0.05) is 12.1 Å². The van der Waals surface area contributed by atoms with E-state index in [4.69, 9.17) is 13.9 Å². The fraction of sp³-hybridized carbons (Fsp3) is 0.471. The largest absolute Gasteiger partial charge is 0.492 e. The van der Waals surface area contributed by atoms with Gasteiger partial charge in [0.2, 0.25) is 11.8 Å². The summed E-state index contributed by atoms with van der Waals surface area (Å²) in [4.78, 5) is 14.9. The van der Waals surface area contributed by atoms with E-state index in [0.717, 1.165) is 12.0 Å². The second-order valence-corrected chi connectivity index (χ2v) is 6.12. The number of hydrogen-bond donors (Lipinski definition) is 0. The minimum atomic E-state index is -0.277. The third kappa shape index (κ3) is 2.45. The Hall–Kier alpha value is -2.41. The number of aryl methyl sites for hydroxylation is 1. The van der Waals surface area contributed by atoms with Crippen molar-refractivity contribution in [3.05, 3.63) is 41.1 Å². The SMILES string of the molecule is CO[C@@H]1C[C@H](c2nnc(C)o2)N(C(=O)c2cccc3c2OCC3)C1. The van der Waals surface area contributed by atoms with Crippen LogP contribution in [0.25, 0.3) is 0 Å². The molecule has 2 aliphatic rings. The highest BCUT2D eigenvalue weighted by Crippen LogP contribution is 2.37. The van der Waals surface area contributed by atoms with Gasteiger partial charge in [-0.3, -0.25) is 4.79 Å². The van der Waals surface area contributed by atoms with E-state index in [-0.39, 0.29) is 18.1 Å². The number of fused-ring (bicyclic) bond motifs is 1. The van der Waals surface area contributed by atoms with E-state index in [1.165, 1.54) is 0 Å². The van der Waals surface area contributed by atoms with Gasteiger partial charge in [-0.2, -0.15) is 0 Å². The van der Waals surface area contributed by atoms with E-state index >= 15 is 0 Å². The fourth-order valence-corrected chi connectivity index (χ4v) is 3.41. The lowest BCUT2D eigenvalue weighted by molar-refractivity contribution is 0.0670. The summed E-state index contributed by atoms with van der Waals surface area (Å²) in [6.45, 7) is 2.85. The van der Waals surface area contributed by atoms with E-state index in [1.54, 1.807) is 18.9 Å². The number of likely N-dealkylation sites (tertiary alicyclic amines) is 1. The molecule has 0 spiro atoms. The van der Waals surface area contributed by atoms with Crippen LogP contribution >= 0.6 is 0 Å². The maximum atomic E-state index is 13.2. The molecule has 1 aromatic heterocycles. The van der Waals surface area contributed by atoms with Crippen molar-refractivity contribution in [1.82, 2.24) is 15.1 Å². The van der Waals surface area contributed by atoms with Gasteiger partial charge in [0, 0.05) is 33.4 Å². The summed E-state index contributed by atoms with van der Waals surface area (Å²) >= 11 is 0. The molecular weight excluding hydrogens is 310 g/mol. The van der Waals surface area contributed by atoms with Gasteiger partial charge in [0.25, 0.3) is 5.91 Å². The van der Waals surface area contributed by atoms with Crippen molar-refractivity contribution in [2.24, 2.45) is 0 Å². The van der Waals surface area contributed by atoms with Crippen LogP contribution in [0.4, 0.5) is 0 Å². The zero-order chi connectivity index (χ0) is 16.7. The van der Waals surface area contributed by atoms with Gasteiger partial charge in [0.1, 0.15) is 11.8 Å². The van der Waals surface area contributed by atoms with E-state index in [1.807, 2.05) is 18.2 Å². The summed E-state index contributed by atoms with van der Waals surface area (Å²) in [5.41, 5.74) is 1.66. The van der Waals surface area contributed by atoms with Crippen LogP contribution in [-0.2, 0) is 11.2 Å². The minimum absolute atomic E-state index is 0.0520. The third-order valence-corrected chi connectivity index (χ3v) is 4.63. The van der Waals surface area contributed by atoms with Crippen LogP contribution in [0.1, 0.15) is 40.2 Å². The number of benzene rings is 1. The maximum absolute atomic E-state index is 13.2. The molecule has 2 aromatic rings. The number of rotatable bonds is 3. The molecule has 24 heavy (non-hydrogen) atoms. The first-order chi connectivity index (χ1) is 11.7. The molecule has 4 rings (SSSR count). The highest BCUT2D eigenvalue weighted by atomic mass is 16.5. The number of hydrogen-bond acceptors (Lipinski definition) is 6. The average Bonchev–Trinajstić information content (AvgIpc) is 3.31. The smallest absolute Gasteiger partial charge is 0.258 e. The van der Waals surface area contributed by atoms with Gasteiger partial charge < -0.3 is 18.8 Å². The van der Waals surface area contributed by atoms with Crippen molar-refractivity contribution < 1.29 is 18.7 Å². The van der Waals surface area contributed by atoms with Gasteiger partial charge >= 0.3 is 0 Å². The fourth-order valence-electron chi connectivity index (χ4n) is 3.41. The lowest BCUT2D eigenvalue weighted by atomic mass is 10.1. The molecule has 0 saturated carbocycles. The molecule has 1 amide bonds. The molecule has 7 nitrogen and oxygen atoms in total. The van der Waals surface area contributed by atoms with Crippen molar-refractivity contribution in [3.8, 4) is 5.75 Å². The molecule has 0 radical (unpaired) electrons. The normalized spacial score (nSPS) is 22.5. The molecule has 0 bridgehead atoms. The number of ether oxygens (including phenoxy) is 2. The summed E-state index contributed by atoms with van der Waals surface area (Å²) in [6, 6.07) is 5.43. The number of methoxy groups -OCH3 is 1. The number of carbonyl (C=O) groups is 1. The Bertz CT molecular complexity index is 773. The van der Waals surface area contributed by atoms with Crippen molar-refractivity contribution in [3.63, 3.8) is 0 Å². The summed E-state index contributed by atoms with van der Waals surface area (Å²) in [6.07, 6.45) is 1.42. The monoisotopic (exact) mass is 329 g/mol. The molecule has 0 aliphatic carbocycles. The first kappa shape index (κ1) is 15.1. The zero-order valence-electron chi connectivity index (χ0n) is 13.7. The molecule has 2 aliphatic heterocycles. The first-order valence-electron chi connectivity index (χ1n) is 8.06. The molecule has 1 fully saturated rings. The molecule has 7 heteroatoms. The number of carbonyl (C=O) groups excluding carboxylic acids is 1. The van der Waals surface area contributed by atoms with Gasteiger partial charge in [0.15, 0.2) is 0 Å². The molecule has 2 atom stereocenters. The predicted octanol–water partition coefficient (Wildman–Crippen LogP) is 1.92. The average molecular weight is 329 g/mol. The molecule has 1 saturated heterocycles. The second kappa shape index (κ2) is 5.90. The van der Waals surface area contributed by atoms with E-state index in [2.05, 4.69) is 10.2 Å². The lowest BCUT2D eigenvalue weighted by Gasteiger charge is -2.22. The molecule has 126 valence electrons. The summed E-state index contributed by atoms with van der Waals surface area (Å²) in [5.74, 6) is 1.55. The summed E-state index contributed by atoms with van der Waals surface area (Å²) in [7, 11) is 1.65. The number of para-hydroxylation sites is 1. The number of aromatic nitrogens is 2. The Balaban J connectivity index is 1.68. The van der Waals surface area contributed by atoms with Crippen LogP contribution < -0.4 is 4.74 Å². The van der Waals surface area contributed by atoms with E-state index in [9.17, 15) is 4.79 Å². The lowest BCUT2D eigenvalue weighted by Crippen LogP contribution is -2.32. The summed E-state index contributed by atoms with van der Waals surface area (Å²) in [5, 5.41) is 7.98. The molecule has 1 aromatic carbocycles. The number of amides is 1. The van der Waals surface area contributed by atoms with Crippen molar-refractivity contribution in [1.29, 1.82) is 0 Å². The molecule has 0 unspecified atom stereocenters. The standard InChI is InChI=1S/C17H19N3O4/c1-10-18-19-16(24-10)14-8-12(22-2)9-20(14)17(21)13-5-3-4-11-6-7-23-15(11)13/h3-5,12,14H,6-9H2,1-2H3/t12-,14-/m1/s1. The van der Waals surface area contributed by atoms with E-state index < -0.39 is 0 Å². The minimum Gasteiger partial charge on any atom is -0.492 e. The van der Waals surface area contributed by atoms with Gasteiger partial charge in [0.05, 0.1) is 18.3 Å². The number of nitrogens with zero attached hydrogens (tertiary/aromatic N) is 3. The Morgan fingerprint density at radius 3 is 3.00 bits per heavy atom. The van der Waals surface area contributed by atoms with Crippen molar-refractivity contribution in [2.75, 3.05) is 20.3 Å². The molecular formula is C17H19N3O4. The maximum Gasteiger partial charge on any atom is 0.258 e. The van der Waals surface area contributed by atoms with Crippen LogP contribution in [0, 0.1) is 6.92 Å². The third-order valence-electron chi connectivity index (χ3n) is 4.63. The quantitative estimate of drug-likeness (QED) is 0.856. The van der Waals surface area contributed by atoms with Crippen molar-refractivity contribution in [2.45, 2.75) is 31.9 Å². The Kier molecular flexibility index (Phi) is 3.72. The van der Waals surface area contributed by atoms with Crippen LogP contribution in [0.2, 0.25) is 0 Å². The van der Waals surface area contributed by atoms with Crippen LogP contribution in [0.15, 0.2) is 22.6 Å². The first-order valence-corrected chi connectivity index (χ1v) is 8.06. The molecule has 0 N–H and O–H groups in total. The topological polar surface area (TPSA) is 77.7 Å². The van der Waals surface area contributed by atoms with Crippen LogP contribution in [-0.4, -0.2) is 47.4 Å². The predicted molar refractivity (Wildman–Crippen MR) is 83.9 cm³/mol. The van der Waals surface area contributed by atoms with Gasteiger partial charge in [-0.15, -0.1) is 10.2 Å². The van der Waals surface area contributed by atoms with E-state index in [0.29, 0.717) is 42.7 Å². The zero-order valence-corrected chi connectivity index (χ0v) is 13.7. The van der Waals surface area contributed by atoms with Crippen molar-refractivity contribution >= 4 is 5.91 Å². The Morgan fingerprint density at radius 1 is 1.38 bits per heavy atom. The van der Waals surface area contributed by atoms with Gasteiger partial charge in [-0.05, 0) is 11.6 Å². The Morgan fingerprint density at radius 2 is 2.25 bits per heavy atom. The van der Waals surface area contributed by atoms with Crippen LogP contribution in [0.3, 0.4) is 0 Å². The highest BCUT2D eigenvalue weighted by Gasteiger charge is 2.40. The Labute approximate surface area is 139 Å². The highest BCUT2D eigenvalue weighted by molar-refractivity contribution is 5.98. The summed E-state index contributed by atoms with van der Waals surface area (Å²) < 4.78 is 16.7. The molecule has 3 heterocycles. The van der Waals surface area contributed by atoms with Gasteiger partial charge in [-0.25, -0.2) is 0 Å². The second-order valence-electron chi connectivity index (χ2n) is 6.12.